The molecule has 1 aromatic carbocycles. The first-order valence-electron chi connectivity index (χ1n) is 16.4. The van der Waals surface area contributed by atoms with E-state index in [4.69, 9.17) is 21.6 Å². The van der Waals surface area contributed by atoms with Gasteiger partial charge in [-0.05, 0) is 101 Å². The zero-order valence-corrected chi connectivity index (χ0v) is 27.4. The zero-order valence-electron chi connectivity index (χ0n) is 25.8. The summed E-state index contributed by atoms with van der Waals surface area (Å²) in [6.07, 6.45) is 12.9. The molecule has 1 N–H and O–H groups in total. The van der Waals surface area contributed by atoms with Gasteiger partial charge in [-0.25, -0.2) is 8.78 Å². The van der Waals surface area contributed by atoms with Gasteiger partial charge in [0.2, 0.25) is 0 Å². The van der Waals surface area contributed by atoms with E-state index in [1.54, 1.807) is 24.8 Å². The lowest BCUT2D eigenvalue weighted by molar-refractivity contribution is 0.0734. The highest BCUT2D eigenvalue weighted by atomic mass is 35.5. The van der Waals surface area contributed by atoms with Crippen molar-refractivity contribution in [3.63, 3.8) is 0 Å². The average Bonchev–Trinajstić information content (AvgIpc) is 3.78. The molecular formula is C35H45ClF2N4OS. The number of unbranched alkanes of at least 4 members (excludes halogenated alkanes) is 1. The molecule has 2 saturated heterocycles. The number of nitrogens with zero attached hydrogens (tertiary/aromatic N) is 4. The summed E-state index contributed by atoms with van der Waals surface area (Å²) in [6.45, 7) is 6.72. The van der Waals surface area contributed by atoms with E-state index in [1.165, 1.54) is 30.7 Å². The molecule has 9 heteroatoms. The topological polar surface area (TPSA) is 51.4 Å². The first-order valence-corrected chi connectivity index (χ1v) is 17.8. The largest absolute Gasteiger partial charge is 0.393 e. The fraction of sp³-hybridized carbons (Fsp3) is 0.600. The number of benzene rings is 1. The van der Waals surface area contributed by atoms with Crippen LogP contribution >= 0.6 is 23.4 Å². The summed E-state index contributed by atoms with van der Waals surface area (Å²) >= 11 is 8.41. The number of thioether (sulfide) groups is 1. The fourth-order valence-corrected chi connectivity index (χ4v) is 8.70. The lowest BCUT2D eigenvalue weighted by atomic mass is 9.90. The second-order valence-electron chi connectivity index (χ2n) is 13.2. The molecule has 5 nitrogen and oxygen atoms in total. The van der Waals surface area contributed by atoms with E-state index in [9.17, 15) is 13.9 Å². The van der Waals surface area contributed by atoms with E-state index < -0.39 is 6.17 Å². The molecule has 4 heterocycles. The summed E-state index contributed by atoms with van der Waals surface area (Å²) in [5, 5.41) is 12.6. The van der Waals surface area contributed by atoms with Crippen LogP contribution in [0.1, 0.15) is 76.8 Å². The van der Waals surface area contributed by atoms with Crippen LogP contribution in [0.15, 0.2) is 63.1 Å². The van der Waals surface area contributed by atoms with Crippen molar-refractivity contribution in [3.8, 4) is 0 Å². The van der Waals surface area contributed by atoms with Crippen molar-refractivity contribution in [2.45, 2.75) is 95.6 Å². The smallest absolute Gasteiger partial charge is 0.124 e. The highest BCUT2D eigenvalue weighted by Gasteiger charge is 2.43. The molecule has 3 fully saturated rings. The van der Waals surface area contributed by atoms with Crippen LogP contribution < -0.4 is 0 Å². The van der Waals surface area contributed by atoms with Gasteiger partial charge in [-0.3, -0.25) is 14.9 Å². The Labute approximate surface area is 270 Å². The maximum absolute atomic E-state index is 14.1. The molecule has 1 saturated carbocycles. The Morgan fingerprint density at radius 2 is 2.05 bits per heavy atom. The Morgan fingerprint density at radius 1 is 1.18 bits per heavy atom. The third-order valence-electron chi connectivity index (χ3n) is 9.97. The predicted octanol–water partition coefficient (Wildman–Crippen LogP) is 7.92. The number of allylic oxidation sites excluding steroid dienone is 3. The first-order chi connectivity index (χ1) is 21.3. The number of aliphatic hydroxyl groups excluding tert-OH is 1. The van der Waals surface area contributed by atoms with Crippen molar-refractivity contribution in [2.24, 2.45) is 21.8 Å². The lowest BCUT2D eigenvalue weighted by Gasteiger charge is -2.33. The van der Waals surface area contributed by atoms with Crippen LogP contribution in [0.3, 0.4) is 0 Å². The highest BCUT2D eigenvalue weighted by molar-refractivity contribution is 8.02. The van der Waals surface area contributed by atoms with Gasteiger partial charge >= 0.3 is 0 Å². The van der Waals surface area contributed by atoms with Crippen LogP contribution in [0, 0.1) is 17.7 Å². The molecule has 0 spiro atoms. The van der Waals surface area contributed by atoms with Crippen LogP contribution in [-0.4, -0.2) is 76.2 Å². The maximum atomic E-state index is 14.1. The lowest BCUT2D eigenvalue weighted by Crippen LogP contribution is -2.38. The summed E-state index contributed by atoms with van der Waals surface area (Å²) in [4.78, 5) is 15.4. The fourth-order valence-electron chi connectivity index (χ4n) is 7.77. The van der Waals surface area contributed by atoms with Gasteiger partial charge in [0.25, 0.3) is 0 Å². The Kier molecular flexibility index (Phi) is 10.3. The molecule has 238 valence electrons. The minimum absolute atomic E-state index is 0.0520. The monoisotopic (exact) mass is 642 g/mol. The van der Waals surface area contributed by atoms with Crippen molar-refractivity contribution in [1.29, 1.82) is 0 Å². The van der Waals surface area contributed by atoms with Crippen molar-refractivity contribution in [2.75, 3.05) is 25.4 Å². The second-order valence-corrected chi connectivity index (χ2v) is 14.5. The van der Waals surface area contributed by atoms with Crippen molar-refractivity contribution < 1.29 is 13.9 Å². The number of aliphatic hydroxyl groups is 1. The van der Waals surface area contributed by atoms with E-state index >= 15 is 0 Å². The minimum Gasteiger partial charge on any atom is -0.393 e. The number of piperidine rings is 1. The Balaban J connectivity index is 1.24. The van der Waals surface area contributed by atoms with Crippen LogP contribution in [0.25, 0.3) is 0 Å². The van der Waals surface area contributed by atoms with E-state index in [0.717, 1.165) is 73.8 Å². The molecule has 0 amide bonds. The molecule has 1 aromatic rings. The van der Waals surface area contributed by atoms with Gasteiger partial charge in [0.15, 0.2) is 0 Å². The van der Waals surface area contributed by atoms with Gasteiger partial charge in [0.1, 0.15) is 17.7 Å². The summed E-state index contributed by atoms with van der Waals surface area (Å²) in [6, 6.07) is 4.74. The summed E-state index contributed by atoms with van der Waals surface area (Å²) in [5.41, 5.74) is 3.98. The molecule has 0 radical (unpaired) electrons. The van der Waals surface area contributed by atoms with E-state index in [2.05, 4.69) is 27.4 Å². The Morgan fingerprint density at radius 3 is 2.77 bits per heavy atom. The van der Waals surface area contributed by atoms with Crippen molar-refractivity contribution >= 4 is 34.9 Å². The van der Waals surface area contributed by atoms with Gasteiger partial charge in [0.05, 0.1) is 29.8 Å². The number of aliphatic imine (C=N–C) groups is 2. The third kappa shape index (κ3) is 7.03. The number of hydrogen-bond donors (Lipinski definition) is 1. The summed E-state index contributed by atoms with van der Waals surface area (Å²) < 4.78 is 27.8. The molecular weight excluding hydrogens is 598 g/mol. The quantitative estimate of drug-likeness (QED) is 0.222. The van der Waals surface area contributed by atoms with Crippen molar-refractivity contribution in [1.82, 2.24) is 9.80 Å². The molecule has 6 rings (SSSR count). The first kappa shape index (κ1) is 32.0. The summed E-state index contributed by atoms with van der Waals surface area (Å²) in [7, 11) is 0. The number of rotatable bonds is 13. The SMILES string of the molecule is C/C=C\SCC1=N[C@@H](c2ccc(F)cc2Cl)C(C2=NC(CCC(C)F)C=C2)=C2CC(CCCCN3CC4CC3CC4O)CN12. The third-order valence-corrected chi connectivity index (χ3v) is 11.2. The second kappa shape index (κ2) is 14.2. The van der Waals surface area contributed by atoms with E-state index in [-0.39, 0.29) is 24.0 Å². The van der Waals surface area contributed by atoms with Crippen molar-refractivity contribution in [3.05, 3.63) is 69.5 Å². The molecule has 4 aliphatic heterocycles. The highest BCUT2D eigenvalue weighted by Crippen LogP contribution is 2.45. The van der Waals surface area contributed by atoms with Crippen LogP contribution in [-0.2, 0) is 0 Å². The van der Waals surface area contributed by atoms with E-state index in [0.29, 0.717) is 35.7 Å². The van der Waals surface area contributed by atoms with Gasteiger partial charge in [-0.1, -0.05) is 36.2 Å². The van der Waals surface area contributed by atoms with Crippen LogP contribution in [0.4, 0.5) is 8.78 Å². The molecule has 5 aliphatic rings. The maximum Gasteiger partial charge on any atom is 0.124 e. The van der Waals surface area contributed by atoms with Gasteiger partial charge < -0.3 is 10.0 Å². The minimum atomic E-state index is -0.856. The number of hydrogen-bond acceptors (Lipinski definition) is 6. The van der Waals surface area contributed by atoms with Gasteiger partial charge in [0, 0.05) is 41.0 Å². The van der Waals surface area contributed by atoms with Crippen LogP contribution in [0.5, 0.6) is 0 Å². The number of likely N-dealkylation sites (tertiary alicyclic amines) is 1. The number of fused-ring (bicyclic) bond motifs is 3. The zero-order chi connectivity index (χ0) is 30.8. The summed E-state index contributed by atoms with van der Waals surface area (Å²) in [5.74, 6) is 2.38. The Bertz CT molecular complexity index is 1360. The van der Waals surface area contributed by atoms with Gasteiger partial charge in [-0.15, -0.1) is 11.8 Å². The molecule has 6 unspecified atom stereocenters. The van der Waals surface area contributed by atoms with E-state index in [1.807, 2.05) is 13.0 Å². The van der Waals surface area contributed by atoms with Crippen LogP contribution in [0.2, 0.25) is 5.02 Å². The number of halogens is 3. The molecule has 2 bridgehead atoms. The predicted molar refractivity (Wildman–Crippen MR) is 179 cm³/mol. The number of amidine groups is 1. The standard InChI is InChI=1S/C35H45ClF2N4OS/c1-3-14-44-21-33-40-35(28-11-8-25(38)17-29(28)36)34(30-12-10-26(39-30)9-7-22(2)37)31-15-23(19-42(31)33)6-4-5-13-41-20-24-16-27(41)18-32(24)43/h3,8,10-12,14,17,22-24,26-27,32,35,43H,4-7,9,13,15-16,18-21H2,1-2H3/b14-3-/t22?,23?,24?,26?,27?,32?,35-/m0/s1. The van der Waals surface area contributed by atoms with Gasteiger partial charge in [-0.2, -0.15) is 0 Å². The normalized spacial score (nSPS) is 30.5. The molecule has 44 heavy (non-hydrogen) atoms. The molecule has 7 atom stereocenters. The number of alkyl halides is 1. The molecule has 0 aromatic heterocycles. The average molecular weight is 643 g/mol. The molecule has 1 aliphatic carbocycles. The Hall–Kier alpha value is -2.00.